The minimum atomic E-state index is 0.000741. The fourth-order valence-corrected chi connectivity index (χ4v) is 1.57. The van der Waals surface area contributed by atoms with E-state index in [-0.39, 0.29) is 5.78 Å². The normalized spacial score (nSPS) is 9.60. The zero-order chi connectivity index (χ0) is 11.4. The third-order valence-electron chi connectivity index (χ3n) is 1.86. The van der Waals surface area contributed by atoms with Gasteiger partial charge in [-0.25, -0.2) is 0 Å². The minimum Gasteiger partial charge on any atom is -0.496 e. The van der Waals surface area contributed by atoms with Crippen molar-refractivity contribution in [3.63, 3.8) is 0 Å². The molecule has 1 aromatic rings. The number of benzene rings is 1. The molecule has 0 amide bonds. The molecule has 0 aromatic heterocycles. The van der Waals surface area contributed by atoms with Crippen molar-refractivity contribution in [2.75, 3.05) is 7.11 Å². The highest BCUT2D eigenvalue weighted by molar-refractivity contribution is 9.10. The van der Waals surface area contributed by atoms with Gasteiger partial charge in [0.1, 0.15) is 5.75 Å². The van der Waals surface area contributed by atoms with E-state index in [1.54, 1.807) is 25.3 Å². The van der Waals surface area contributed by atoms with E-state index in [0.717, 1.165) is 10.0 Å². The van der Waals surface area contributed by atoms with Crippen LogP contribution in [-0.2, 0) is 0 Å². The van der Waals surface area contributed by atoms with Gasteiger partial charge in [0.25, 0.3) is 0 Å². The monoisotopic (exact) mass is 268 g/mol. The van der Waals surface area contributed by atoms with Gasteiger partial charge in [-0.05, 0) is 54.1 Å². The zero-order valence-electron chi connectivity index (χ0n) is 9.00. The smallest absolute Gasteiger partial charge is 0.185 e. The Balaban J connectivity index is 3.06. The SMILES string of the molecule is COc1cc(C(=O)C=C(C)C)ccc1Br. The largest absolute Gasteiger partial charge is 0.496 e. The number of methoxy groups -OCH3 is 1. The molecule has 0 N–H and O–H groups in total. The van der Waals surface area contributed by atoms with Crippen molar-refractivity contribution >= 4 is 21.7 Å². The molecule has 15 heavy (non-hydrogen) atoms. The molecule has 0 fully saturated rings. The van der Waals surface area contributed by atoms with E-state index < -0.39 is 0 Å². The maximum Gasteiger partial charge on any atom is 0.185 e. The number of carbonyl (C=O) groups excluding carboxylic acids is 1. The lowest BCUT2D eigenvalue weighted by Gasteiger charge is -2.04. The van der Waals surface area contributed by atoms with Gasteiger partial charge in [0, 0.05) is 5.56 Å². The summed E-state index contributed by atoms with van der Waals surface area (Å²) in [6.45, 7) is 3.79. The number of hydrogen-bond acceptors (Lipinski definition) is 2. The van der Waals surface area contributed by atoms with E-state index >= 15 is 0 Å². The van der Waals surface area contributed by atoms with Crippen LogP contribution in [0.1, 0.15) is 24.2 Å². The Hall–Kier alpha value is -1.09. The average molecular weight is 269 g/mol. The summed E-state index contributed by atoms with van der Waals surface area (Å²) in [4.78, 5) is 11.7. The molecule has 2 nitrogen and oxygen atoms in total. The molecule has 0 bridgehead atoms. The number of ketones is 1. The van der Waals surface area contributed by atoms with Crippen LogP contribution in [0.5, 0.6) is 5.75 Å². The van der Waals surface area contributed by atoms with Crippen molar-refractivity contribution in [3.8, 4) is 5.75 Å². The van der Waals surface area contributed by atoms with E-state index in [0.29, 0.717) is 11.3 Å². The quantitative estimate of drug-likeness (QED) is 0.619. The lowest BCUT2D eigenvalue weighted by molar-refractivity contribution is 0.104. The van der Waals surface area contributed by atoms with Crippen LogP contribution >= 0.6 is 15.9 Å². The molecule has 1 rings (SSSR count). The van der Waals surface area contributed by atoms with Crippen molar-refractivity contribution in [3.05, 3.63) is 39.9 Å². The molecule has 0 radical (unpaired) electrons. The second kappa shape index (κ2) is 5.12. The molecule has 0 saturated heterocycles. The Kier molecular flexibility index (Phi) is 4.09. The van der Waals surface area contributed by atoms with E-state index in [1.807, 2.05) is 19.9 Å². The van der Waals surface area contributed by atoms with Gasteiger partial charge in [0.15, 0.2) is 5.78 Å². The lowest BCUT2D eigenvalue weighted by atomic mass is 10.1. The molecule has 3 heteroatoms. The second-order valence-corrected chi connectivity index (χ2v) is 4.29. The highest BCUT2D eigenvalue weighted by atomic mass is 79.9. The maximum atomic E-state index is 11.7. The molecule has 0 aliphatic heterocycles. The minimum absolute atomic E-state index is 0.000741. The number of allylic oxidation sites excluding steroid dienone is 2. The maximum absolute atomic E-state index is 11.7. The van der Waals surface area contributed by atoms with Crippen molar-refractivity contribution in [2.24, 2.45) is 0 Å². The first kappa shape index (κ1) is 12.0. The second-order valence-electron chi connectivity index (χ2n) is 3.44. The van der Waals surface area contributed by atoms with Gasteiger partial charge in [-0.2, -0.15) is 0 Å². The van der Waals surface area contributed by atoms with Gasteiger partial charge < -0.3 is 4.74 Å². The van der Waals surface area contributed by atoms with E-state index in [2.05, 4.69) is 15.9 Å². The number of ether oxygens (including phenoxy) is 1. The molecule has 0 unspecified atom stereocenters. The van der Waals surface area contributed by atoms with Gasteiger partial charge in [-0.3, -0.25) is 4.79 Å². The molecule has 0 aliphatic carbocycles. The lowest BCUT2D eigenvalue weighted by Crippen LogP contribution is -1.96. The van der Waals surface area contributed by atoms with Crippen LogP contribution < -0.4 is 4.74 Å². The van der Waals surface area contributed by atoms with Crippen molar-refractivity contribution in [1.29, 1.82) is 0 Å². The Labute approximate surface area is 98.1 Å². The van der Waals surface area contributed by atoms with E-state index in [9.17, 15) is 4.79 Å². The molecule has 0 saturated carbocycles. The topological polar surface area (TPSA) is 26.3 Å². The van der Waals surface area contributed by atoms with Crippen molar-refractivity contribution in [2.45, 2.75) is 13.8 Å². The van der Waals surface area contributed by atoms with Crippen LogP contribution in [0.4, 0.5) is 0 Å². The van der Waals surface area contributed by atoms with E-state index in [4.69, 9.17) is 4.74 Å². The predicted octanol–water partition coefficient (Wildman–Crippen LogP) is 3.61. The van der Waals surface area contributed by atoms with Gasteiger partial charge in [0.05, 0.1) is 11.6 Å². The van der Waals surface area contributed by atoms with E-state index in [1.165, 1.54) is 0 Å². The van der Waals surface area contributed by atoms with Crippen LogP contribution in [0.2, 0.25) is 0 Å². The molecule has 0 heterocycles. The van der Waals surface area contributed by atoms with Crippen LogP contribution in [0, 0.1) is 0 Å². The zero-order valence-corrected chi connectivity index (χ0v) is 10.6. The van der Waals surface area contributed by atoms with Crippen molar-refractivity contribution in [1.82, 2.24) is 0 Å². The van der Waals surface area contributed by atoms with Gasteiger partial charge in [-0.15, -0.1) is 0 Å². The van der Waals surface area contributed by atoms with Gasteiger partial charge >= 0.3 is 0 Å². The molecule has 1 aromatic carbocycles. The summed E-state index contributed by atoms with van der Waals surface area (Å²) in [5.74, 6) is 0.670. The summed E-state index contributed by atoms with van der Waals surface area (Å²) in [7, 11) is 1.58. The molecule has 0 atom stereocenters. The summed E-state index contributed by atoms with van der Waals surface area (Å²) >= 11 is 3.34. The van der Waals surface area contributed by atoms with Gasteiger partial charge in [0.2, 0.25) is 0 Å². The van der Waals surface area contributed by atoms with Crippen LogP contribution in [0.15, 0.2) is 34.3 Å². The molecular weight excluding hydrogens is 256 g/mol. The third-order valence-corrected chi connectivity index (χ3v) is 2.51. The van der Waals surface area contributed by atoms with Crippen LogP contribution in [0.25, 0.3) is 0 Å². The number of carbonyl (C=O) groups is 1. The highest BCUT2D eigenvalue weighted by Gasteiger charge is 2.06. The fraction of sp³-hybridized carbons (Fsp3) is 0.250. The first-order chi connectivity index (χ1) is 7.04. The van der Waals surface area contributed by atoms with Gasteiger partial charge in [-0.1, -0.05) is 5.57 Å². The Morgan fingerprint density at radius 3 is 2.60 bits per heavy atom. The predicted molar refractivity (Wildman–Crippen MR) is 64.5 cm³/mol. The summed E-state index contributed by atoms with van der Waals surface area (Å²) in [6.07, 6.45) is 1.61. The highest BCUT2D eigenvalue weighted by Crippen LogP contribution is 2.25. The molecular formula is C12H13BrO2. The fourth-order valence-electron chi connectivity index (χ4n) is 1.16. The molecule has 0 spiro atoms. The number of rotatable bonds is 3. The Morgan fingerprint density at radius 1 is 1.40 bits per heavy atom. The van der Waals surface area contributed by atoms with Crippen molar-refractivity contribution < 1.29 is 9.53 Å². The molecule has 80 valence electrons. The Morgan fingerprint density at radius 2 is 2.07 bits per heavy atom. The number of halogens is 1. The molecule has 0 aliphatic rings. The van der Waals surface area contributed by atoms with Crippen LogP contribution in [-0.4, -0.2) is 12.9 Å². The third kappa shape index (κ3) is 3.20. The summed E-state index contributed by atoms with van der Waals surface area (Å²) in [5, 5.41) is 0. The average Bonchev–Trinajstić information content (AvgIpc) is 2.17. The first-order valence-electron chi connectivity index (χ1n) is 4.57. The number of hydrogen-bond donors (Lipinski definition) is 0. The van der Waals surface area contributed by atoms with Crippen LogP contribution in [0.3, 0.4) is 0 Å². The summed E-state index contributed by atoms with van der Waals surface area (Å²) in [6, 6.07) is 5.31. The summed E-state index contributed by atoms with van der Waals surface area (Å²) < 4.78 is 5.97. The summed E-state index contributed by atoms with van der Waals surface area (Å²) in [5.41, 5.74) is 1.62. The Bertz CT molecular complexity index is 404. The standard InChI is InChI=1S/C12H13BrO2/c1-8(2)6-11(14)9-4-5-10(13)12(7-9)15-3/h4-7H,1-3H3. The first-order valence-corrected chi connectivity index (χ1v) is 5.36.